The molecule has 0 aliphatic rings. The first kappa shape index (κ1) is 16.4. The van der Waals surface area contributed by atoms with Crippen LogP contribution < -0.4 is 5.32 Å². The number of carbonyl (C=O) groups is 1. The van der Waals surface area contributed by atoms with Gasteiger partial charge >= 0.3 is 0 Å². The van der Waals surface area contributed by atoms with Gasteiger partial charge in [0.15, 0.2) is 0 Å². The summed E-state index contributed by atoms with van der Waals surface area (Å²) in [6.07, 6.45) is 0. The molecule has 7 nitrogen and oxygen atoms in total. The van der Waals surface area contributed by atoms with Crippen LogP contribution in [-0.2, 0) is 6.61 Å². The van der Waals surface area contributed by atoms with Crippen molar-refractivity contribution in [2.75, 3.05) is 5.32 Å². The lowest BCUT2D eigenvalue weighted by Gasteiger charge is -2.06. The fourth-order valence-electron chi connectivity index (χ4n) is 2.31. The number of aliphatic hydroxyl groups is 1. The van der Waals surface area contributed by atoms with Crippen LogP contribution in [0.15, 0.2) is 65.1 Å². The zero-order chi connectivity index (χ0) is 17.8. The van der Waals surface area contributed by atoms with Crippen molar-refractivity contribution in [1.29, 1.82) is 0 Å². The van der Waals surface area contributed by atoms with E-state index < -0.39 is 4.92 Å². The highest BCUT2D eigenvalue weighted by Gasteiger charge is 2.11. The summed E-state index contributed by atoms with van der Waals surface area (Å²) in [6.45, 7) is -0.184. The highest BCUT2D eigenvalue weighted by Crippen LogP contribution is 2.25. The smallest absolute Gasteiger partial charge is 0.269 e. The van der Waals surface area contributed by atoms with Gasteiger partial charge in [-0.25, -0.2) is 0 Å². The molecule has 3 rings (SSSR count). The fraction of sp³-hybridized carbons (Fsp3) is 0.0556. The normalized spacial score (nSPS) is 10.4. The lowest BCUT2D eigenvalue weighted by Crippen LogP contribution is -2.11. The Morgan fingerprint density at radius 2 is 1.88 bits per heavy atom. The maximum absolute atomic E-state index is 12.3. The SMILES string of the molecule is O=C(Nc1cccc(-c2ccc(CO)o2)c1)c1ccc([N+](=O)[O-])cc1. The van der Waals surface area contributed by atoms with Gasteiger partial charge < -0.3 is 14.8 Å². The Morgan fingerprint density at radius 3 is 2.52 bits per heavy atom. The second-order valence-corrected chi connectivity index (χ2v) is 5.26. The summed E-state index contributed by atoms with van der Waals surface area (Å²) in [5.41, 5.74) is 1.55. The average molecular weight is 338 g/mol. The van der Waals surface area contributed by atoms with Crippen LogP contribution in [0.4, 0.5) is 11.4 Å². The molecular formula is C18H14N2O5. The number of furan rings is 1. The molecule has 1 amide bonds. The molecule has 126 valence electrons. The predicted octanol–water partition coefficient (Wildman–Crippen LogP) is 3.60. The number of hydrogen-bond donors (Lipinski definition) is 2. The van der Waals surface area contributed by atoms with Crippen molar-refractivity contribution < 1.29 is 19.2 Å². The third kappa shape index (κ3) is 3.73. The molecule has 0 saturated carbocycles. The van der Waals surface area contributed by atoms with E-state index in [2.05, 4.69) is 5.32 Å². The Morgan fingerprint density at radius 1 is 1.12 bits per heavy atom. The average Bonchev–Trinajstić information content (AvgIpc) is 3.11. The van der Waals surface area contributed by atoms with E-state index in [0.29, 0.717) is 22.8 Å². The van der Waals surface area contributed by atoms with Gasteiger partial charge in [0, 0.05) is 28.9 Å². The first-order valence-corrected chi connectivity index (χ1v) is 7.42. The minimum Gasteiger partial charge on any atom is -0.459 e. The predicted molar refractivity (Wildman–Crippen MR) is 91.1 cm³/mol. The van der Waals surface area contributed by atoms with Crippen LogP contribution in [0.5, 0.6) is 0 Å². The molecular weight excluding hydrogens is 324 g/mol. The maximum atomic E-state index is 12.3. The third-order valence-corrected chi connectivity index (χ3v) is 3.56. The van der Waals surface area contributed by atoms with Crippen LogP contribution in [0.3, 0.4) is 0 Å². The number of amides is 1. The second-order valence-electron chi connectivity index (χ2n) is 5.26. The molecule has 25 heavy (non-hydrogen) atoms. The molecule has 7 heteroatoms. The number of carbonyl (C=O) groups excluding carboxylic acids is 1. The standard InChI is InChI=1S/C18H14N2O5/c21-11-16-8-9-17(25-16)13-2-1-3-14(10-13)19-18(22)12-4-6-15(7-5-12)20(23)24/h1-10,21H,11H2,(H,19,22). The van der Waals surface area contributed by atoms with Crippen LogP contribution in [-0.4, -0.2) is 15.9 Å². The van der Waals surface area contributed by atoms with E-state index in [9.17, 15) is 14.9 Å². The zero-order valence-corrected chi connectivity index (χ0v) is 13.0. The monoisotopic (exact) mass is 338 g/mol. The summed E-state index contributed by atoms with van der Waals surface area (Å²) < 4.78 is 5.47. The number of nitrogens with one attached hydrogen (secondary N) is 1. The summed E-state index contributed by atoms with van der Waals surface area (Å²) in [5, 5.41) is 22.4. The molecule has 0 aliphatic carbocycles. The topological polar surface area (TPSA) is 106 Å². The van der Waals surface area contributed by atoms with Crippen molar-refractivity contribution in [1.82, 2.24) is 0 Å². The van der Waals surface area contributed by atoms with E-state index in [1.54, 1.807) is 30.3 Å². The van der Waals surface area contributed by atoms with Gasteiger partial charge in [-0.1, -0.05) is 12.1 Å². The highest BCUT2D eigenvalue weighted by atomic mass is 16.6. The van der Waals surface area contributed by atoms with Crippen molar-refractivity contribution in [2.45, 2.75) is 6.61 Å². The lowest BCUT2D eigenvalue weighted by molar-refractivity contribution is -0.384. The number of aliphatic hydroxyl groups excluding tert-OH is 1. The van der Waals surface area contributed by atoms with Crippen LogP contribution in [0.1, 0.15) is 16.1 Å². The lowest BCUT2D eigenvalue weighted by atomic mass is 10.1. The maximum Gasteiger partial charge on any atom is 0.269 e. The first-order chi connectivity index (χ1) is 12.1. The Bertz CT molecular complexity index is 915. The molecule has 2 aromatic carbocycles. The summed E-state index contributed by atoms with van der Waals surface area (Å²) >= 11 is 0. The van der Waals surface area contributed by atoms with Crippen molar-refractivity contribution in [3.8, 4) is 11.3 Å². The largest absolute Gasteiger partial charge is 0.459 e. The molecule has 0 radical (unpaired) electrons. The van der Waals surface area contributed by atoms with Gasteiger partial charge in [-0.05, 0) is 36.4 Å². The van der Waals surface area contributed by atoms with Gasteiger partial charge in [-0.2, -0.15) is 0 Å². The molecule has 0 fully saturated rings. The van der Waals surface area contributed by atoms with Gasteiger partial charge in [-0.3, -0.25) is 14.9 Å². The van der Waals surface area contributed by atoms with Crippen molar-refractivity contribution in [2.24, 2.45) is 0 Å². The number of nitro benzene ring substituents is 1. The summed E-state index contributed by atoms with van der Waals surface area (Å²) in [4.78, 5) is 22.4. The zero-order valence-electron chi connectivity index (χ0n) is 13.0. The van der Waals surface area contributed by atoms with Gasteiger partial charge in [-0.15, -0.1) is 0 Å². The van der Waals surface area contributed by atoms with E-state index in [-0.39, 0.29) is 18.2 Å². The van der Waals surface area contributed by atoms with Crippen LogP contribution in [0, 0.1) is 10.1 Å². The first-order valence-electron chi connectivity index (χ1n) is 7.42. The molecule has 1 heterocycles. The van der Waals surface area contributed by atoms with Crippen molar-refractivity contribution >= 4 is 17.3 Å². The number of benzene rings is 2. The Kier molecular flexibility index (Phi) is 4.58. The molecule has 0 saturated heterocycles. The van der Waals surface area contributed by atoms with E-state index in [1.807, 2.05) is 6.07 Å². The quantitative estimate of drug-likeness (QED) is 0.546. The third-order valence-electron chi connectivity index (χ3n) is 3.56. The van der Waals surface area contributed by atoms with E-state index >= 15 is 0 Å². The molecule has 0 spiro atoms. The highest BCUT2D eigenvalue weighted by molar-refractivity contribution is 6.04. The number of non-ortho nitro benzene ring substituents is 1. The number of anilines is 1. The van der Waals surface area contributed by atoms with Crippen LogP contribution in [0.25, 0.3) is 11.3 Å². The number of hydrogen-bond acceptors (Lipinski definition) is 5. The minimum absolute atomic E-state index is 0.0731. The Hall–Kier alpha value is -3.45. The molecule has 1 aromatic heterocycles. The van der Waals surface area contributed by atoms with Gasteiger partial charge in [0.05, 0.1) is 4.92 Å². The van der Waals surface area contributed by atoms with E-state index in [4.69, 9.17) is 9.52 Å². The Labute approximate surface area is 142 Å². The molecule has 0 aliphatic heterocycles. The number of nitro groups is 1. The van der Waals surface area contributed by atoms with Crippen molar-refractivity contribution in [3.05, 3.63) is 82.1 Å². The molecule has 2 N–H and O–H groups in total. The number of rotatable bonds is 5. The van der Waals surface area contributed by atoms with Crippen molar-refractivity contribution in [3.63, 3.8) is 0 Å². The van der Waals surface area contributed by atoms with Crippen LogP contribution >= 0.6 is 0 Å². The molecule has 0 atom stereocenters. The summed E-state index contributed by atoms with van der Waals surface area (Å²) in [7, 11) is 0. The Balaban J connectivity index is 1.77. The van der Waals surface area contributed by atoms with Crippen LogP contribution in [0.2, 0.25) is 0 Å². The fourth-order valence-corrected chi connectivity index (χ4v) is 2.31. The molecule has 3 aromatic rings. The molecule has 0 bridgehead atoms. The summed E-state index contributed by atoms with van der Waals surface area (Å²) in [6, 6.07) is 15.8. The minimum atomic E-state index is -0.519. The van der Waals surface area contributed by atoms with Gasteiger partial charge in [0.1, 0.15) is 18.1 Å². The van der Waals surface area contributed by atoms with E-state index in [0.717, 1.165) is 5.56 Å². The second kappa shape index (κ2) is 6.98. The van der Waals surface area contributed by atoms with Gasteiger partial charge in [0.2, 0.25) is 0 Å². The molecule has 0 unspecified atom stereocenters. The summed E-state index contributed by atoms with van der Waals surface area (Å²) in [5.74, 6) is 0.661. The van der Waals surface area contributed by atoms with Gasteiger partial charge in [0.25, 0.3) is 11.6 Å². The number of nitrogens with zero attached hydrogens (tertiary/aromatic N) is 1. The van der Waals surface area contributed by atoms with E-state index in [1.165, 1.54) is 24.3 Å².